The van der Waals surface area contributed by atoms with Gasteiger partial charge in [0.15, 0.2) is 0 Å². The van der Waals surface area contributed by atoms with Crippen molar-refractivity contribution in [2.75, 3.05) is 0 Å². The average Bonchev–Trinajstić information content (AvgIpc) is 3.11. The monoisotopic (exact) mass is 493 g/mol. The summed E-state index contributed by atoms with van der Waals surface area (Å²) in [4.78, 5) is 26.5. The molecule has 0 aromatic heterocycles. The van der Waals surface area contributed by atoms with E-state index in [1.807, 2.05) is 37.3 Å². The highest BCUT2D eigenvalue weighted by Gasteiger charge is 2.65. The highest BCUT2D eigenvalue weighted by molar-refractivity contribution is 5.89. The number of amides is 1. The Morgan fingerprint density at radius 1 is 1.19 bits per heavy atom. The first-order valence-corrected chi connectivity index (χ1v) is 12.9. The van der Waals surface area contributed by atoms with Gasteiger partial charge in [-0.3, -0.25) is 9.59 Å². The normalized spacial score (nSPS) is 42.1. The topological polar surface area (TPSA) is 95.9 Å². The molecule has 36 heavy (non-hydrogen) atoms. The number of carbonyl (C=O) groups excluding carboxylic acids is 2. The van der Waals surface area contributed by atoms with Gasteiger partial charge in [0, 0.05) is 24.8 Å². The number of hydrogen-bond donors (Lipinski definition) is 3. The summed E-state index contributed by atoms with van der Waals surface area (Å²) < 4.78 is 5.90. The predicted octanol–water partition coefficient (Wildman–Crippen LogP) is 3.74. The van der Waals surface area contributed by atoms with Crippen molar-refractivity contribution in [1.29, 1.82) is 0 Å². The maximum Gasteiger partial charge on any atom is 0.303 e. The van der Waals surface area contributed by atoms with Crippen LogP contribution in [-0.2, 0) is 20.7 Å². The van der Waals surface area contributed by atoms with Crippen LogP contribution >= 0.6 is 0 Å². The van der Waals surface area contributed by atoms with Crippen LogP contribution in [0.5, 0.6) is 0 Å². The molecule has 0 radical (unpaired) electrons. The molecule has 1 spiro atoms. The smallest absolute Gasteiger partial charge is 0.303 e. The van der Waals surface area contributed by atoms with Crippen molar-refractivity contribution in [3.63, 3.8) is 0 Å². The number of carbonyl (C=O) groups is 2. The van der Waals surface area contributed by atoms with Crippen LogP contribution in [0.15, 0.2) is 66.3 Å². The van der Waals surface area contributed by atoms with Crippen LogP contribution in [0.3, 0.4) is 0 Å². The Morgan fingerprint density at radius 2 is 1.89 bits per heavy atom. The van der Waals surface area contributed by atoms with Crippen molar-refractivity contribution in [2.45, 2.75) is 71.3 Å². The number of aliphatic hydroxyl groups is 2. The first-order valence-electron chi connectivity index (χ1n) is 12.9. The third-order valence-electron chi connectivity index (χ3n) is 8.61. The van der Waals surface area contributed by atoms with Crippen molar-refractivity contribution < 1.29 is 24.5 Å². The first-order chi connectivity index (χ1) is 17.0. The summed E-state index contributed by atoms with van der Waals surface area (Å²) in [5.74, 6) is -1.28. The van der Waals surface area contributed by atoms with Gasteiger partial charge in [-0.1, -0.05) is 74.1 Å². The minimum atomic E-state index is -1.55. The van der Waals surface area contributed by atoms with Crippen molar-refractivity contribution in [3.8, 4) is 0 Å². The van der Waals surface area contributed by atoms with Crippen LogP contribution in [0.2, 0.25) is 0 Å². The van der Waals surface area contributed by atoms with Crippen LogP contribution in [-0.4, -0.2) is 45.9 Å². The quantitative estimate of drug-likeness (QED) is 0.440. The molecule has 1 aliphatic heterocycles. The van der Waals surface area contributed by atoms with E-state index in [2.05, 4.69) is 37.4 Å². The lowest BCUT2D eigenvalue weighted by Crippen LogP contribution is -2.55. The summed E-state index contributed by atoms with van der Waals surface area (Å²) in [7, 11) is 0. The van der Waals surface area contributed by atoms with Crippen LogP contribution in [0.25, 0.3) is 0 Å². The Morgan fingerprint density at radius 3 is 2.56 bits per heavy atom. The Kier molecular flexibility index (Phi) is 7.31. The zero-order chi connectivity index (χ0) is 26.3. The van der Waals surface area contributed by atoms with Gasteiger partial charge in [-0.2, -0.15) is 0 Å². The second-order valence-corrected chi connectivity index (χ2v) is 11.2. The van der Waals surface area contributed by atoms with Gasteiger partial charge in [-0.05, 0) is 50.2 Å². The van der Waals surface area contributed by atoms with Gasteiger partial charge in [0.1, 0.15) is 17.1 Å². The Balaban J connectivity index is 1.91. The lowest BCUT2D eigenvalue weighted by atomic mass is 9.54. The molecular formula is C30H39NO5. The number of esters is 1. The number of aliphatic hydroxyl groups excluding tert-OH is 1. The minimum Gasteiger partial charge on any atom is -0.457 e. The van der Waals surface area contributed by atoms with E-state index in [0.717, 1.165) is 5.56 Å². The van der Waals surface area contributed by atoms with E-state index in [1.165, 1.54) is 18.6 Å². The third kappa shape index (κ3) is 4.57. The van der Waals surface area contributed by atoms with Gasteiger partial charge < -0.3 is 20.3 Å². The molecule has 0 saturated carbocycles. The lowest BCUT2D eigenvalue weighted by Gasteiger charge is -2.48. The fourth-order valence-electron chi connectivity index (χ4n) is 6.63. The van der Waals surface area contributed by atoms with Crippen LogP contribution in [0.4, 0.5) is 0 Å². The van der Waals surface area contributed by atoms with Gasteiger partial charge in [0.25, 0.3) is 0 Å². The molecule has 1 aromatic rings. The number of benzene rings is 1. The van der Waals surface area contributed by atoms with E-state index in [0.29, 0.717) is 12.8 Å². The number of nitrogens with one attached hydrogen (secondary N) is 1. The molecule has 2 aliphatic carbocycles. The Bertz CT molecular complexity index is 1070. The van der Waals surface area contributed by atoms with Crippen molar-refractivity contribution in [1.82, 2.24) is 5.32 Å². The first kappa shape index (κ1) is 26.4. The van der Waals surface area contributed by atoms with Gasteiger partial charge >= 0.3 is 5.97 Å². The van der Waals surface area contributed by atoms with Gasteiger partial charge in [0.05, 0.1) is 6.10 Å². The van der Waals surface area contributed by atoms with E-state index in [4.69, 9.17) is 4.74 Å². The molecular weight excluding hydrogens is 454 g/mol. The summed E-state index contributed by atoms with van der Waals surface area (Å²) in [6.07, 6.45) is 8.53. The SMILES string of the molecule is CC(=O)O[C@@H]1/C=C/[C@](C)(O)[C@H](O)[C@@H](C)C/C=C/[C@H]2C=C(C)[C@@H](C)[C@H]3[C@H](Cc4ccccc4)NC(=O)[C@]321. The predicted molar refractivity (Wildman–Crippen MR) is 139 cm³/mol. The molecule has 3 N–H and O–H groups in total. The summed E-state index contributed by atoms with van der Waals surface area (Å²) in [5, 5.41) is 25.2. The van der Waals surface area contributed by atoms with Crippen molar-refractivity contribution in [2.24, 2.45) is 29.1 Å². The summed E-state index contributed by atoms with van der Waals surface area (Å²) in [5.41, 5.74) is -0.323. The van der Waals surface area contributed by atoms with E-state index in [1.54, 1.807) is 13.0 Å². The summed E-state index contributed by atoms with van der Waals surface area (Å²) >= 11 is 0. The van der Waals surface area contributed by atoms with E-state index in [-0.39, 0.29) is 35.6 Å². The largest absolute Gasteiger partial charge is 0.457 e. The molecule has 1 fully saturated rings. The molecule has 6 heteroatoms. The second kappa shape index (κ2) is 9.98. The molecule has 1 aromatic carbocycles. The molecule has 1 saturated heterocycles. The zero-order valence-electron chi connectivity index (χ0n) is 21.8. The summed E-state index contributed by atoms with van der Waals surface area (Å²) in [6, 6.07) is 9.93. The fourth-order valence-corrected chi connectivity index (χ4v) is 6.63. The number of rotatable bonds is 3. The number of allylic oxidation sites excluding steroid dienone is 4. The molecule has 0 unspecified atom stereocenters. The van der Waals surface area contributed by atoms with Gasteiger partial charge in [-0.25, -0.2) is 0 Å². The molecule has 9 atom stereocenters. The number of hydrogen-bond acceptors (Lipinski definition) is 5. The molecule has 1 amide bonds. The highest BCUT2D eigenvalue weighted by atomic mass is 16.5. The van der Waals surface area contributed by atoms with E-state index < -0.39 is 29.2 Å². The standard InChI is InChI=1S/C30H39NO5/c1-18-10-9-13-23-16-19(2)20(3)26-24(17-22-11-7-6-8-12-22)31-28(34)30(23,26)25(36-21(4)32)14-15-29(5,35)27(18)33/h6-9,11-16,18,20,23-27,33,35H,10,17H2,1-5H3,(H,31,34)/b13-9+,15-14+/t18-,20+,23-,24-,25+,26-,27+,29-,30+/m0/s1. The van der Waals surface area contributed by atoms with Gasteiger partial charge in [-0.15, -0.1) is 0 Å². The van der Waals surface area contributed by atoms with E-state index in [9.17, 15) is 19.8 Å². The minimum absolute atomic E-state index is 0.0592. The van der Waals surface area contributed by atoms with Crippen molar-refractivity contribution in [3.05, 3.63) is 71.8 Å². The van der Waals surface area contributed by atoms with Gasteiger partial charge in [0.2, 0.25) is 5.91 Å². The highest BCUT2D eigenvalue weighted by Crippen LogP contribution is 2.56. The third-order valence-corrected chi connectivity index (χ3v) is 8.61. The van der Waals surface area contributed by atoms with Crippen molar-refractivity contribution >= 4 is 11.9 Å². The van der Waals surface area contributed by atoms with Crippen LogP contribution < -0.4 is 5.32 Å². The van der Waals surface area contributed by atoms with Crippen LogP contribution in [0, 0.1) is 29.1 Å². The fraction of sp³-hybridized carbons (Fsp3) is 0.533. The summed E-state index contributed by atoms with van der Waals surface area (Å²) in [6.45, 7) is 9.01. The maximum absolute atomic E-state index is 14.1. The Labute approximate surface area is 214 Å². The molecule has 0 bridgehead atoms. The lowest BCUT2D eigenvalue weighted by molar-refractivity contribution is -0.159. The maximum atomic E-state index is 14.1. The zero-order valence-corrected chi connectivity index (χ0v) is 21.8. The molecule has 1 heterocycles. The number of ether oxygens (including phenoxy) is 1. The Hall–Kier alpha value is -2.70. The molecule has 4 rings (SSSR count). The van der Waals surface area contributed by atoms with E-state index >= 15 is 0 Å². The van der Waals surface area contributed by atoms with Crippen LogP contribution in [0.1, 0.15) is 46.6 Å². The molecule has 3 aliphatic rings. The molecule has 6 nitrogen and oxygen atoms in total. The molecule has 194 valence electrons. The second-order valence-electron chi connectivity index (χ2n) is 11.2. The average molecular weight is 494 g/mol.